The quantitative estimate of drug-likeness (QED) is 0.471. The van der Waals surface area contributed by atoms with Crippen LogP contribution in [0.4, 0.5) is 0 Å². The van der Waals surface area contributed by atoms with Gasteiger partial charge in [0.15, 0.2) is 11.5 Å². The van der Waals surface area contributed by atoms with E-state index in [1.54, 1.807) is 42.5 Å². The number of halogens is 2. The lowest BCUT2D eigenvalue weighted by atomic mass is 10.2. The molecule has 0 saturated carbocycles. The smallest absolute Gasteiger partial charge is 0.243 e. The number of hydrogen-bond acceptors (Lipinski definition) is 5. The van der Waals surface area contributed by atoms with E-state index in [2.05, 4.69) is 5.32 Å². The van der Waals surface area contributed by atoms with Crippen LogP contribution in [-0.2, 0) is 27.9 Å². The topological polar surface area (TPSA) is 84.9 Å². The molecule has 1 heterocycles. The van der Waals surface area contributed by atoms with E-state index in [0.717, 1.165) is 15.4 Å². The molecule has 7 nitrogen and oxygen atoms in total. The standard InChI is InChI=1S/C24H22Cl2N2O5S/c1-16-2-6-19(7-3-16)34(30,31)28(13-18-4-8-20(25)21(26)10-18)14-24(29)27-12-17-5-9-22-23(11-17)33-15-32-22/h2-11H,12-15H2,1H3,(H,27,29). The Kier molecular flexibility index (Phi) is 7.33. The fraction of sp³-hybridized carbons (Fsp3) is 0.208. The van der Waals surface area contributed by atoms with Crippen molar-refractivity contribution in [1.82, 2.24) is 9.62 Å². The lowest BCUT2D eigenvalue weighted by Crippen LogP contribution is -2.40. The first-order valence-corrected chi connectivity index (χ1v) is 12.6. The fourth-order valence-electron chi connectivity index (χ4n) is 3.39. The molecule has 1 amide bonds. The Morgan fingerprint density at radius 3 is 2.38 bits per heavy atom. The largest absolute Gasteiger partial charge is 0.454 e. The Balaban J connectivity index is 1.52. The van der Waals surface area contributed by atoms with Crippen LogP contribution in [0.15, 0.2) is 65.6 Å². The zero-order valence-corrected chi connectivity index (χ0v) is 20.6. The maximum Gasteiger partial charge on any atom is 0.243 e. The summed E-state index contributed by atoms with van der Waals surface area (Å²) in [4.78, 5) is 12.9. The van der Waals surface area contributed by atoms with Crippen LogP contribution >= 0.6 is 23.2 Å². The number of sulfonamides is 1. The van der Waals surface area contributed by atoms with Gasteiger partial charge in [-0.3, -0.25) is 4.79 Å². The highest BCUT2D eigenvalue weighted by molar-refractivity contribution is 7.89. The highest BCUT2D eigenvalue weighted by Crippen LogP contribution is 2.32. The number of aryl methyl sites for hydroxylation is 1. The van der Waals surface area contributed by atoms with E-state index in [-0.39, 0.29) is 31.3 Å². The molecule has 34 heavy (non-hydrogen) atoms. The van der Waals surface area contributed by atoms with E-state index < -0.39 is 15.9 Å². The van der Waals surface area contributed by atoms with Gasteiger partial charge >= 0.3 is 0 Å². The minimum Gasteiger partial charge on any atom is -0.454 e. The molecule has 3 aromatic rings. The summed E-state index contributed by atoms with van der Waals surface area (Å²) in [6.45, 7) is 1.81. The average molecular weight is 521 g/mol. The Bertz CT molecular complexity index is 1310. The summed E-state index contributed by atoms with van der Waals surface area (Å²) >= 11 is 12.1. The Morgan fingerprint density at radius 1 is 0.941 bits per heavy atom. The number of fused-ring (bicyclic) bond motifs is 1. The van der Waals surface area contributed by atoms with Crippen LogP contribution in [0, 0.1) is 6.92 Å². The second kappa shape index (κ2) is 10.2. The third-order valence-electron chi connectivity index (χ3n) is 5.25. The van der Waals surface area contributed by atoms with Crippen LogP contribution in [0.5, 0.6) is 11.5 Å². The number of ether oxygens (including phenoxy) is 2. The van der Waals surface area contributed by atoms with Gasteiger partial charge in [0.2, 0.25) is 22.7 Å². The van der Waals surface area contributed by atoms with Gasteiger partial charge in [-0.05, 0) is 54.4 Å². The molecule has 1 aliphatic rings. The van der Waals surface area contributed by atoms with Gasteiger partial charge in [-0.1, -0.05) is 53.0 Å². The van der Waals surface area contributed by atoms with Crippen molar-refractivity contribution in [2.24, 2.45) is 0 Å². The molecule has 1 aliphatic heterocycles. The van der Waals surface area contributed by atoms with Crippen molar-refractivity contribution in [1.29, 1.82) is 0 Å². The van der Waals surface area contributed by atoms with E-state index in [1.165, 1.54) is 12.1 Å². The molecule has 0 aromatic heterocycles. The average Bonchev–Trinajstić information content (AvgIpc) is 3.28. The van der Waals surface area contributed by atoms with Gasteiger partial charge in [-0.15, -0.1) is 0 Å². The molecular weight excluding hydrogens is 499 g/mol. The van der Waals surface area contributed by atoms with Crippen LogP contribution in [0.25, 0.3) is 0 Å². The van der Waals surface area contributed by atoms with Crippen molar-refractivity contribution >= 4 is 39.1 Å². The number of amides is 1. The Labute approximate surface area is 208 Å². The third-order valence-corrected chi connectivity index (χ3v) is 7.79. The number of rotatable bonds is 8. The van der Waals surface area contributed by atoms with Gasteiger partial charge < -0.3 is 14.8 Å². The molecule has 0 radical (unpaired) electrons. The van der Waals surface area contributed by atoms with Crippen molar-refractivity contribution in [2.75, 3.05) is 13.3 Å². The molecular formula is C24H22Cl2N2O5S. The van der Waals surface area contributed by atoms with Crippen molar-refractivity contribution in [3.8, 4) is 11.5 Å². The molecule has 4 rings (SSSR count). The second-order valence-corrected chi connectivity index (χ2v) is 10.6. The minimum atomic E-state index is -3.97. The maximum atomic E-state index is 13.4. The number of carbonyl (C=O) groups is 1. The van der Waals surface area contributed by atoms with Gasteiger partial charge in [0.25, 0.3) is 0 Å². The summed E-state index contributed by atoms with van der Waals surface area (Å²) < 4.78 is 38.5. The minimum absolute atomic E-state index is 0.0510. The van der Waals surface area contributed by atoms with Gasteiger partial charge in [0.05, 0.1) is 21.5 Å². The first kappa shape index (κ1) is 24.3. The molecule has 0 atom stereocenters. The predicted molar refractivity (Wildman–Crippen MR) is 130 cm³/mol. The maximum absolute atomic E-state index is 13.4. The van der Waals surface area contributed by atoms with Gasteiger partial charge in [0, 0.05) is 13.1 Å². The lowest BCUT2D eigenvalue weighted by Gasteiger charge is -2.22. The molecule has 1 N–H and O–H groups in total. The molecule has 0 saturated heterocycles. The van der Waals surface area contributed by atoms with Crippen LogP contribution in [0.1, 0.15) is 16.7 Å². The number of benzene rings is 3. The van der Waals surface area contributed by atoms with Crippen molar-refractivity contribution in [2.45, 2.75) is 24.9 Å². The first-order chi connectivity index (χ1) is 16.2. The summed E-state index contributed by atoms with van der Waals surface area (Å²) in [5, 5.41) is 3.44. The number of hydrogen-bond donors (Lipinski definition) is 1. The van der Waals surface area contributed by atoms with Crippen molar-refractivity contribution in [3.63, 3.8) is 0 Å². The highest BCUT2D eigenvalue weighted by Gasteiger charge is 2.27. The summed E-state index contributed by atoms with van der Waals surface area (Å²) in [5.74, 6) is 0.801. The Morgan fingerprint density at radius 2 is 1.65 bits per heavy atom. The van der Waals surface area contributed by atoms with Crippen LogP contribution in [0.3, 0.4) is 0 Å². The summed E-state index contributed by atoms with van der Waals surface area (Å²) in [6, 6.07) is 16.7. The number of nitrogens with one attached hydrogen (secondary N) is 1. The molecule has 0 aliphatic carbocycles. The molecule has 3 aromatic carbocycles. The summed E-state index contributed by atoms with van der Waals surface area (Å²) in [5.41, 5.74) is 2.33. The van der Waals surface area contributed by atoms with Crippen LogP contribution < -0.4 is 14.8 Å². The second-order valence-electron chi connectivity index (χ2n) is 7.80. The van der Waals surface area contributed by atoms with Gasteiger partial charge in [0.1, 0.15) is 0 Å². The molecule has 178 valence electrons. The fourth-order valence-corrected chi connectivity index (χ4v) is 5.10. The molecule has 0 bridgehead atoms. The van der Waals surface area contributed by atoms with Crippen LogP contribution in [-0.4, -0.2) is 32.0 Å². The molecule has 0 unspecified atom stereocenters. The molecule has 10 heteroatoms. The normalized spacial score (nSPS) is 12.7. The zero-order valence-electron chi connectivity index (χ0n) is 18.3. The Hall–Kier alpha value is -2.78. The van der Waals surface area contributed by atoms with Crippen molar-refractivity contribution < 1.29 is 22.7 Å². The first-order valence-electron chi connectivity index (χ1n) is 10.4. The SMILES string of the molecule is Cc1ccc(S(=O)(=O)N(CC(=O)NCc2ccc3c(c2)OCO3)Cc2ccc(Cl)c(Cl)c2)cc1. The van der Waals surface area contributed by atoms with Gasteiger partial charge in [-0.25, -0.2) is 8.42 Å². The monoisotopic (exact) mass is 520 g/mol. The third kappa shape index (κ3) is 5.64. The number of nitrogens with zero attached hydrogens (tertiary/aromatic N) is 1. The lowest BCUT2D eigenvalue weighted by molar-refractivity contribution is -0.121. The van der Waals surface area contributed by atoms with Crippen LogP contribution in [0.2, 0.25) is 10.0 Å². The van der Waals surface area contributed by atoms with E-state index in [0.29, 0.717) is 27.1 Å². The predicted octanol–water partition coefficient (Wildman–Crippen LogP) is 4.54. The van der Waals surface area contributed by atoms with E-state index in [4.69, 9.17) is 32.7 Å². The number of carbonyl (C=O) groups excluding carboxylic acids is 1. The van der Waals surface area contributed by atoms with Crippen molar-refractivity contribution in [3.05, 3.63) is 87.4 Å². The van der Waals surface area contributed by atoms with E-state index in [9.17, 15) is 13.2 Å². The summed E-state index contributed by atoms with van der Waals surface area (Å²) in [6.07, 6.45) is 0. The summed E-state index contributed by atoms with van der Waals surface area (Å²) in [7, 11) is -3.97. The zero-order chi connectivity index (χ0) is 24.3. The molecule has 0 spiro atoms. The molecule has 0 fully saturated rings. The van der Waals surface area contributed by atoms with E-state index in [1.807, 2.05) is 13.0 Å². The van der Waals surface area contributed by atoms with E-state index >= 15 is 0 Å². The van der Waals surface area contributed by atoms with Gasteiger partial charge in [-0.2, -0.15) is 4.31 Å². The highest BCUT2D eigenvalue weighted by atomic mass is 35.5.